The zero-order valence-electron chi connectivity index (χ0n) is 10.5. The zero-order chi connectivity index (χ0) is 13.7. The molecule has 1 aromatic heterocycles. The van der Waals surface area contributed by atoms with Crippen LogP contribution in [0.3, 0.4) is 0 Å². The number of halogens is 2. The topological polar surface area (TPSA) is 34.2 Å². The number of aromatic nitrogens is 1. The fraction of sp³-hybridized carbons (Fsp3) is 0.214. The Morgan fingerprint density at radius 2 is 2.21 bits per heavy atom. The summed E-state index contributed by atoms with van der Waals surface area (Å²) in [5, 5.41) is 3.22. The van der Waals surface area contributed by atoms with Gasteiger partial charge < -0.3 is 10.1 Å². The van der Waals surface area contributed by atoms with Crippen molar-refractivity contribution >= 4 is 17.3 Å². The molecule has 1 aromatic carbocycles. The molecule has 0 bridgehead atoms. The molecule has 1 N–H and O–H groups in total. The van der Waals surface area contributed by atoms with Crippen LogP contribution >= 0.6 is 11.6 Å². The number of hydrogen-bond donors (Lipinski definition) is 1. The number of nitrogens with one attached hydrogen (secondary N) is 1. The summed E-state index contributed by atoms with van der Waals surface area (Å²) in [6.45, 7) is 2.92. The molecule has 5 heteroatoms. The van der Waals surface area contributed by atoms with Gasteiger partial charge in [0.05, 0.1) is 23.1 Å². The first-order valence-corrected chi connectivity index (χ1v) is 6.39. The van der Waals surface area contributed by atoms with E-state index in [0.717, 1.165) is 18.7 Å². The van der Waals surface area contributed by atoms with Gasteiger partial charge in [-0.15, -0.1) is 0 Å². The predicted molar refractivity (Wildman–Crippen MR) is 74.5 cm³/mol. The lowest BCUT2D eigenvalue weighted by Gasteiger charge is -2.09. The van der Waals surface area contributed by atoms with Gasteiger partial charge in [0.15, 0.2) is 11.6 Å². The second-order valence-electron chi connectivity index (χ2n) is 3.99. The smallest absolute Gasteiger partial charge is 0.184 e. The molecule has 100 valence electrons. The highest BCUT2D eigenvalue weighted by molar-refractivity contribution is 6.30. The van der Waals surface area contributed by atoms with E-state index in [0.29, 0.717) is 5.75 Å². The Morgan fingerprint density at radius 1 is 1.37 bits per heavy atom. The summed E-state index contributed by atoms with van der Waals surface area (Å²) < 4.78 is 19.1. The van der Waals surface area contributed by atoms with Gasteiger partial charge in [-0.05, 0) is 18.6 Å². The number of rotatable bonds is 5. The molecule has 0 saturated carbocycles. The molecule has 0 atom stereocenters. The molecule has 19 heavy (non-hydrogen) atoms. The molecule has 0 unspecified atom stereocenters. The molecule has 0 spiro atoms. The molecule has 0 fully saturated rings. The molecule has 0 aliphatic heterocycles. The number of ether oxygens (including phenoxy) is 1. The minimum atomic E-state index is -0.573. The summed E-state index contributed by atoms with van der Waals surface area (Å²) in [6.07, 6.45) is 4.22. The first-order chi connectivity index (χ1) is 9.20. The maximum Gasteiger partial charge on any atom is 0.184 e. The maximum atomic E-state index is 13.7. The molecule has 0 radical (unpaired) electrons. The van der Waals surface area contributed by atoms with Gasteiger partial charge in [-0.1, -0.05) is 24.6 Å². The van der Waals surface area contributed by atoms with Crippen molar-refractivity contribution in [2.24, 2.45) is 0 Å². The minimum absolute atomic E-state index is 0.0331. The lowest BCUT2D eigenvalue weighted by molar-refractivity contribution is 0.441. The van der Waals surface area contributed by atoms with E-state index in [9.17, 15) is 4.39 Å². The molecule has 0 aliphatic carbocycles. The molecular weight excluding hydrogens is 267 g/mol. The third-order valence-corrected chi connectivity index (χ3v) is 2.73. The van der Waals surface area contributed by atoms with Gasteiger partial charge in [0, 0.05) is 12.6 Å². The van der Waals surface area contributed by atoms with Crippen molar-refractivity contribution in [1.82, 2.24) is 4.98 Å². The third-order valence-electron chi connectivity index (χ3n) is 2.44. The highest BCUT2D eigenvalue weighted by Crippen LogP contribution is 2.29. The van der Waals surface area contributed by atoms with Crippen LogP contribution < -0.4 is 10.1 Å². The molecule has 0 aliphatic rings. The average Bonchev–Trinajstić information content (AvgIpc) is 2.42. The van der Waals surface area contributed by atoms with Crippen LogP contribution in [0.4, 0.5) is 10.1 Å². The van der Waals surface area contributed by atoms with E-state index >= 15 is 0 Å². The second kappa shape index (κ2) is 6.38. The third kappa shape index (κ3) is 3.58. The van der Waals surface area contributed by atoms with E-state index in [1.165, 1.54) is 18.3 Å². The Kier molecular flexibility index (Phi) is 4.58. The first kappa shape index (κ1) is 13.6. The van der Waals surface area contributed by atoms with E-state index in [2.05, 4.69) is 17.2 Å². The van der Waals surface area contributed by atoms with E-state index < -0.39 is 5.82 Å². The first-order valence-electron chi connectivity index (χ1n) is 6.01. The largest absolute Gasteiger partial charge is 0.453 e. The van der Waals surface area contributed by atoms with E-state index in [-0.39, 0.29) is 10.8 Å². The van der Waals surface area contributed by atoms with Crippen LogP contribution in [0.25, 0.3) is 0 Å². The fourth-order valence-electron chi connectivity index (χ4n) is 1.53. The van der Waals surface area contributed by atoms with Gasteiger partial charge >= 0.3 is 0 Å². The standard InChI is InChI=1S/C14H14ClFN2O/c1-2-6-18-10-7-11(9-17-8-10)19-13-5-3-4-12(15)14(13)16/h3-5,7-9,18H,2,6H2,1H3. The highest BCUT2D eigenvalue weighted by Gasteiger charge is 2.08. The lowest BCUT2D eigenvalue weighted by atomic mass is 10.3. The van der Waals surface area contributed by atoms with E-state index in [4.69, 9.17) is 16.3 Å². The Labute approximate surface area is 116 Å². The van der Waals surface area contributed by atoms with Crippen molar-refractivity contribution in [2.75, 3.05) is 11.9 Å². The predicted octanol–water partition coefficient (Wildman–Crippen LogP) is 4.49. The van der Waals surface area contributed by atoms with Crippen molar-refractivity contribution < 1.29 is 9.13 Å². The molecule has 2 rings (SSSR count). The molecule has 0 saturated heterocycles. The Morgan fingerprint density at radius 3 is 3.00 bits per heavy atom. The van der Waals surface area contributed by atoms with Crippen LogP contribution in [0.2, 0.25) is 5.02 Å². The Hall–Kier alpha value is -1.81. The monoisotopic (exact) mass is 280 g/mol. The van der Waals surface area contributed by atoms with Gasteiger partial charge in [-0.3, -0.25) is 4.98 Å². The van der Waals surface area contributed by atoms with Crippen LogP contribution in [-0.4, -0.2) is 11.5 Å². The van der Waals surface area contributed by atoms with Gasteiger partial charge in [0.1, 0.15) is 5.75 Å². The molecule has 3 nitrogen and oxygen atoms in total. The van der Waals surface area contributed by atoms with Gasteiger partial charge in [0.2, 0.25) is 0 Å². The number of benzene rings is 1. The number of pyridine rings is 1. The van der Waals surface area contributed by atoms with Crippen molar-refractivity contribution in [3.8, 4) is 11.5 Å². The van der Waals surface area contributed by atoms with E-state index in [1.54, 1.807) is 18.3 Å². The minimum Gasteiger partial charge on any atom is -0.453 e. The average molecular weight is 281 g/mol. The van der Waals surface area contributed by atoms with Crippen LogP contribution in [0.5, 0.6) is 11.5 Å². The number of hydrogen-bond acceptors (Lipinski definition) is 3. The fourth-order valence-corrected chi connectivity index (χ4v) is 1.70. The van der Waals surface area contributed by atoms with E-state index in [1.807, 2.05) is 0 Å². The molecule has 1 heterocycles. The summed E-state index contributed by atoms with van der Waals surface area (Å²) >= 11 is 5.70. The Balaban J connectivity index is 2.16. The van der Waals surface area contributed by atoms with Crippen LogP contribution in [0.1, 0.15) is 13.3 Å². The van der Waals surface area contributed by atoms with Crippen molar-refractivity contribution in [2.45, 2.75) is 13.3 Å². The quantitative estimate of drug-likeness (QED) is 0.876. The van der Waals surface area contributed by atoms with Crippen LogP contribution in [0.15, 0.2) is 36.7 Å². The molecular formula is C14H14ClFN2O. The SMILES string of the molecule is CCCNc1cncc(Oc2cccc(Cl)c2F)c1. The van der Waals surface area contributed by atoms with Crippen molar-refractivity contribution in [1.29, 1.82) is 0 Å². The lowest BCUT2D eigenvalue weighted by Crippen LogP contribution is -2.00. The van der Waals surface area contributed by atoms with Gasteiger partial charge in [-0.2, -0.15) is 0 Å². The van der Waals surface area contributed by atoms with Crippen molar-refractivity contribution in [3.63, 3.8) is 0 Å². The van der Waals surface area contributed by atoms with Crippen LogP contribution in [0, 0.1) is 5.82 Å². The highest BCUT2D eigenvalue weighted by atomic mass is 35.5. The molecule has 0 amide bonds. The Bertz CT molecular complexity index is 563. The normalized spacial score (nSPS) is 10.3. The summed E-state index contributed by atoms with van der Waals surface area (Å²) in [4.78, 5) is 4.04. The maximum absolute atomic E-state index is 13.7. The second-order valence-corrected chi connectivity index (χ2v) is 4.40. The van der Waals surface area contributed by atoms with Crippen LogP contribution in [-0.2, 0) is 0 Å². The van der Waals surface area contributed by atoms with Gasteiger partial charge in [-0.25, -0.2) is 4.39 Å². The molecule has 2 aromatic rings. The summed E-state index contributed by atoms with van der Waals surface area (Å²) in [6, 6.07) is 6.39. The number of anilines is 1. The summed E-state index contributed by atoms with van der Waals surface area (Å²) in [5.41, 5.74) is 0.835. The number of nitrogens with zero attached hydrogens (tertiary/aromatic N) is 1. The van der Waals surface area contributed by atoms with Crippen molar-refractivity contribution in [3.05, 3.63) is 47.5 Å². The summed E-state index contributed by atoms with van der Waals surface area (Å²) in [7, 11) is 0. The zero-order valence-corrected chi connectivity index (χ0v) is 11.2. The van der Waals surface area contributed by atoms with Gasteiger partial charge in [0.25, 0.3) is 0 Å². The summed E-state index contributed by atoms with van der Waals surface area (Å²) in [5.74, 6) is -0.0275.